The number of benzene rings is 1. The zero-order valence-corrected chi connectivity index (χ0v) is 8.79. The SMILES string of the molecule is CC(C)c1ccc(COCCF)cc1. The molecule has 0 heterocycles. The number of ether oxygens (including phenoxy) is 1. The van der Waals surface area contributed by atoms with E-state index in [9.17, 15) is 4.39 Å². The first kappa shape index (κ1) is 11.2. The summed E-state index contributed by atoms with van der Waals surface area (Å²) in [5, 5.41) is 0. The normalized spacial score (nSPS) is 10.9. The summed E-state index contributed by atoms with van der Waals surface area (Å²) in [6.45, 7) is 4.60. The van der Waals surface area contributed by atoms with Gasteiger partial charge in [-0.3, -0.25) is 0 Å². The summed E-state index contributed by atoms with van der Waals surface area (Å²) in [4.78, 5) is 0. The Balaban J connectivity index is 2.47. The topological polar surface area (TPSA) is 9.23 Å². The summed E-state index contributed by atoms with van der Waals surface area (Å²) in [6.07, 6.45) is 0. The van der Waals surface area contributed by atoms with Gasteiger partial charge in [0.05, 0.1) is 13.2 Å². The van der Waals surface area contributed by atoms with Gasteiger partial charge in [-0.05, 0) is 17.0 Å². The van der Waals surface area contributed by atoms with Crippen LogP contribution in [0.25, 0.3) is 0 Å². The van der Waals surface area contributed by atoms with Crippen molar-refractivity contribution in [2.45, 2.75) is 26.4 Å². The molecule has 0 N–H and O–H groups in total. The van der Waals surface area contributed by atoms with Crippen LogP contribution in [0.1, 0.15) is 30.9 Å². The molecular formula is C12H17FO. The molecule has 0 aliphatic carbocycles. The first-order valence-corrected chi connectivity index (χ1v) is 4.96. The van der Waals surface area contributed by atoms with Gasteiger partial charge in [0.2, 0.25) is 0 Å². The van der Waals surface area contributed by atoms with Crippen LogP contribution >= 0.6 is 0 Å². The van der Waals surface area contributed by atoms with Gasteiger partial charge in [-0.1, -0.05) is 38.1 Å². The maximum Gasteiger partial charge on any atom is 0.113 e. The highest BCUT2D eigenvalue weighted by atomic mass is 19.1. The van der Waals surface area contributed by atoms with Crippen molar-refractivity contribution >= 4 is 0 Å². The lowest BCUT2D eigenvalue weighted by molar-refractivity contribution is 0.106. The minimum atomic E-state index is -0.413. The van der Waals surface area contributed by atoms with E-state index < -0.39 is 6.67 Å². The van der Waals surface area contributed by atoms with Crippen molar-refractivity contribution in [1.82, 2.24) is 0 Å². The number of rotatable bonds is 5. The molecule has 0 unspecified atom stereocenters. The molecule has 78 valence electrons. The zero-order valence-electron chi connectivity index (χ0n) is 8.79. The second-order valence-corrected chi connectivity index (χ2v) is 3.64. The Morgan fingerprint density at radius 3 is 2.36 bits per heavy atom. The molecule has 1 aromatic carbocycles. The van der Waals surface area contributed by atoms with Crippen molar-refractivity contribution in [3.63, 3.8) is 0 Å². The molecule has 1 rings (SSSR count). The molecule has 0 atom stereocenters. The number of halogens is 1. The van der Waals surface area contributed by atoms with Crippen molar-refractivity contribution < 1.29 is 9.13 Å². The van der Waals surface area contributed by atoms with Gasteiger partial charge in [0.25, 0.3) is 0 Å². The summed E-state index contributed by atoms with van der Waals surface area (Å²) in [5.74, 6) is 0.552. The number of hydrogen-bond donors (Lipinski definition) is 0. The van der Waals surface area contributed by atoms with Gasteiger partial charge in [0, 0.05) is 0 Å². The van der Waals surface area contributed by atoms with Gasteiger partial charge in [-0.2, -0.15) is 0 Å². The van der Waals surface area contributed by atoms with Gasteiger partial charge in [0.15, 0.2) is 0 Å². The van der Waals surface area contributed by atoms with Crippen LogP contribution in [0, 0.1) is 0 Å². The van der Waals surface area contributed by atoms with Crippen LogP contribution in [0.15, 0.2) is 24.3 Å². The average molecular weight is 196 g/mol. The third-order valence-electron chi connectivity index (χ3n) is 2.14. The minimum Gasteiger partial charge on any atom is -0.374 e. The predicted molar refractivity (Wildman–Crippen MR) is 56.2 cm³/mol. The van der Waals surface area contributed by atoms with Crippen molar-refractivity contribution in [2.24, 2.45) is 0 Å². The van der Waals surface area contributed by atoms with E-state index in [-0.39, 0.29) is 6.61 Å². The van der Waals surface area contributed by atoms with E-state index in [0.29, 0.717) is 12.5 Å². The lowest BCUT2D eigenvalue weighted by Crippen LogP contribution is -1.97. The zero-order chi connectivity index (χ0) is 10.4. The summed E-state index contributed by atoms with van der Waals surface area (Å²) in [7, 11) is 0. The van der Waals surface area contributed by atoms with Gasteiger partial charge in [-0.25, -0.2) is 4.39 Å². The standard InChI is InChI=1S/C12H17FO/c1-10(2)12-5-3-11(4-6-12)9-14-8-7-13/h3-6,10H,7-9H2,1-2H3. The molecular weight excluding hydrogens is 179 g/mol. The molecule has 0 aliphatic rings. The smallest absolute Gasteiger partial charge is 0.113 e. The maximum absolute atomic E-state index is 11.7. The van der Waals surface area contributed by atoms with Crippen LogP contribution in [0.2, 0.25) is 0 Å². The maximum atomic E-state index is 11.7. The molecule has 0 saturated carbocycles. The molecule has 0 fully saturated rings. The molecule has 1 aromatic rings. The van der Waals surface area contributed by atoms with Crippen molar-refractivity contribution in [2.75, 3.05) is 13.3 Å². The second-order valence-electron chi connectivity index (χ2n) is 3.64. The largest absolute Gasteiger partial charge is 0.374 e. The Bertz CT molecular complexity index is 254. The molecule has 0 bridgehead atoms. The molecule has 0 amide bonds. The average Bonchev–Trinajstić information content (AvgIpc) is 2.19. The summed E-state index contributed by atoms with van der Waals surface area (Å²) < 4.78 is 16.8. The first-order chi connectivity index (χ1) is 6.74. The van der Waals surface area contributed by atoms with Crippen molar-refractivity contribution in [1.29, 1.82) is 0 Å². The van der Waals surface area contributed by atoms with E-state index in [1.807, 2.05) is 12.1 Å². The molecule has 2 heteroatoms. The van der Waals surface area contributed by atoms with Crippen LogP contribution in [-0.4, -0.2) is 13.3 Å². The molecule has 0 aromatic heterocycles. The lowest BCUT2D eigenvalue weighted by Gasteiger charge is -2.06. The van der Waals surface area contributed by atoms with Gasteiger partial charge in [-0.15, -0.1) is 0 Å². The van der Waals surface area contributed by atoms with E-state index in [1.165, 1.54) is 5.56 Å². The van der Waals surface area contributed by atoms with E-state index in [0.717, 1.165) is 5.56 Å². The van der Waals surface area contributed by atoms with Crippen LogP contribution in [0.4, 0.5) is 4.39 Å². The summed E-state index contributed by atoms with van der Waals surface area (Å²) in [5.41, 5.74) is 2.42. The predicted octanol–water partition coefficient (Wildman–Crippen LogP) is 3.30. The monoisotopic (exact) mass is 196 g/mol. The third kappa shape index (κ3) is 3.46. The van der Waals surface area contributed by atoms with E-state index in [2.05, 4.69) is 26.0 Å². The van der Waals surface area contributed by atoms with E-state index in [1.54, 1.807) is 0 Å². The molecule has 0 aliphatic heterocycles. The van der Waals surface area contributed by atoms with Crippen LogP contribution in [0.3, 0.4) is 0 Å². The van der Waals surface area contributed by atoms with Crippen LogP contribution < -0.4 is 0 Å². The molecule has 0 radical (unpaired) electrons. The molecule has 1 nitrogen and oxygen atoms in total. The Labute approximate surface area is 84.9 Å². The Hall–Kier alpha value is -0.890. The molecule has 14 heavy (non-hydrogen) atoms. The Morgan fingerprint density at radius 1 is 1.21 bits per heavy atom. The third-order valence-corrected chi connectivity index (χ3v) is 2.14. The fourth-order valence-electron chi connectivity index (χ4n) is 1.24. The fraction of sp³-hybridized carbons (Fsp3) is 0.500. The second kappa shape index (κ2) is 5.76. The molecule has 0 saturated heterocycles. The Morgan fingerprint density at radius 2 is 1.86 bits per heavy atom. The van der Waals surface area contributed by atoms with Gasteiger partial charge < -0.3 is 4.74 Å². The van der Waals surface area contributed by atoms with Crippen LogP contribution in [-0.2, 0) is 11.3 Å². The quantitative estimate of drug-likeness (QED) is 0.656. The highest BCUT2D eigenvalue weighted by Gasteiger charge is 1.98. The number of alkyl halides is 1. The first-order valence-electron chi connectivity index (χ1n) is 4.96. The van der Waals surface area contributed by atoms with Crippen molar-refractivity contribution in [3.8, 4) is 0 Å². The van der Waals surface area contributed by atoms with Crippen LogP contribution in [0.5, 0.6) is 0 Å². The van der Waals surface area contributed by atoms with E-state index >= 15 is 0 Å². The summed E-state index contributed by atoms with van der Waals surface area (Å²) in [6, 6.07) is 8.26. The fourth-order valence-corrected chi connectivity index (χ4v) is 1.24. The number of hydrogen-bond acceptors (Lipinski definition) is 1. The van der Waals surface area contributed by atoms with Crippen molar-refractivity contribution in [3.05, 3.63) is 35.4 Å². The van der Waals surface area contributed by atoms with Gasteiger partial charge in [0.1, 0.15) is 6.67 Å². The minimum absolute atomic E-state index is 0.186. The highest BCUT2D eigenvalue weighted by Crippen LogP contribution is 2.14. The Kier molecular flexibility index (Phi) is 4.60. The summed E-state index contributed by atoms with van der Waals surface area (Å²) >= 11 is 0. The molecule has 0 spiro atoms. The highest BCUT2D eigenvalue weighted by molar-refractivity contribution is 5.24. The van der Waals surface area contributed by atoms with Gasteiger partial charge >= 0.3 is 0 Å². The van der Waals surface area contributed by atoms with E-state index in [4.69, 9.17) is 4.74 Å². The lowest BCUT2D eigenvalue weighted by atomic mass is 10.0.